The predicted octanol–water partition coefficient (Wildman–Crippen LogP) is 2.36. The minimum absolute atomic E-state index is 0. The van der Waals surface area contributed by atoms with E-state index in [1.807, 2.05) is 0 Å². The molecule has 0 atom stereocenters. The summed E-state index contributed by atoms with van der Waals surface area (Å²) in [5, 5.41) is 0. The topological polar surface area (TPSA) is 0 Å². The Morgan fingerprint density at radius 2 is 1.25 bits per heavy atom. The molecule has 45 valence electrons. The van der Waals surface area contributed by atoms with Crippen LogP contribution in [0.5, 0.6) is 0 Å². The third kappa shape index (κ3) is 4.03. The summed E-state index contributed by atoms with van der Waals surface area (Å²) in [7, 11) is 0. The molecule has 0 spiro atoms. The smallest absolute Gasteiger partial charge is 0 e. The van der Waals surface area contributed by atoms with Gasteiger partial charge in [0.05, 0.1) is 0 Å². The van der Waals surface area contributed by atoms with Crippen molar-refractivity contribution in [2.45, 2.75) is 32.1 Å². The molecule has 0 N–H and O–H groups in total. The Hall–Kier alpha value is 1.10. The van der Waals surface area contributed by atoms with Gasteiger partial charge < -0.3 is 12.8 Å². The minimum atomic E-state index is 0. The van der Waals surface area contributed by atoms with Gasteiger partial charge in [0.25, 0.3) is 0 Å². The van der Waals surface area contributed by atoms with Crippen molar-refractivity contribution in [3.05, 3.63) is 12.8 Å². The summed E-state index contributed by atoms with van der Waals surface area (Å²) < 4.78 is 0. The first-order valence-corrected chi connectivity index (χ1v) is 3.13. The van der Waals surface area contributed by atoms with E-state index in [0.29, 0.717) is 0 Å². The van der Waals surface area contributed by atoms with Gasteiger partial charge in [-0.25, -0.2) is 12.8 Å². The second kappa shape index (κ2) is 6.23. The van der Waals surface area contributed by atoms with E-state index in [-0.39, 0.29) is 32.7 Å². The van der Waals surface area contributed by atoms with Crippen LogP contribution < -0.4 is 0 Å². The van der Waals surface area contributed by atoms with Crippen molar-refractivity contribution in [2.75, 3.05) is 0 Å². The Labute approximate surface area is 77.3 Å². The van der Waals surface area contributed by atoms with E-state index >= 15 is 0 Å². The van der Waals surface area contributed by atoms with Gasteiger partial charge in [0.1, 0.15) is 0 Å². The first-order valence-electron chi connectivity index (χ1n) is 3.13. The second-order valence-corrected chi connectivity index (χ2v) is 2.09. The molecule has 0 bridgehead atoms. The average Bonchev–Trinajstić information content (AvgIpc) is 1.90. The van der Waals surface area contributed by atoms with Crippen molar-refractivity contribution >= 4 is 0 Å². The Morgan fingerprint density at radius 1 is 0.750 bits per heavy atom. The zero-order chi connectivity index (χ0) is 4.95. The molecular weight excluding hydrogens is 173 g/mol. The van der Waals surface area contributed by atoms with Gasteiger partial charge >= 0.3 is 0 Å². The number of hydrogen-bond acceptors (Lipinski definition) is 0. The largest absolute Gasteiger partial charge is 0.331 e. The third-order valence-corrected chi connectivity index (χ3v) is 1.39. The maximum Gasteiger partial charge on any atom is 0 e. The van der Waals surface area contributed by atoms with Gasteiger partial charge in [-0.05, 0) is 0 Å². The molecule has 1 saturated carbocycles. The summed E-state index contributed by atoms with van der Waals surface area (Å²) in [6, 6.07) is 0. The van der Waals surface area contributed by atoms with Crippen molar-refractivity contribution in [3.8, 4) is 0 Å². The van der Waals surface area contributed by atoms with Crippen LogP contribution >= 0.6 is 0 Å². The fourth-order valence-electron chi connectivity index (χ4n) is 0.931. The van der Waals surface area contributed by atoms with Gasteiger partial charge in [-0.2, -0.15) is 12.8 Å². The van der Waals surface area contributed by atoms with Crippen molar-refractivity contribution in [1.29, 1.82) is 0 Å². The van der Waals surface area contributed by atoms with E-state index in [1.54, 1.807) is 0 Å². The van der Waals surface area contributed by atoms with Crippen LogP contribution in [0.2, 0.25) is 0 Å². The molecule has 0 saturated heterocycles. The molecule has 0 aromatic rings. The van der Waals surface area contributed by atoms with Crippen LogP contribution in [0, 0.1) is 12.8 Å². The van der Waals surface area contributed by atoms with Crippen LogP contribution in [-0.4, -0.2) is 0 Å². The van der Waals surface area contributed by atoms with Gasteiger partial charge in [0.2, 0.25) is 0 Å². The van der Waals surface area contributed by atoms with Crippen LogP contribution in [0.25, 0.3) is 0 Å². The van der Waals surface area contributed by atoms with Gasteiger partial charge in [-0.3, -0.25) is 0 Å². The molecule has 0 aromatic carbocycles. The van der Waals surface area contributed by atoms with Crippen LogP contribution in [0.3, 0.4) is 0 Å². The Morgan fingerprint density at radius 3 is 1.75 bits per heavy atom. The molecule has 0 amide bonds. The summed E-state index contributed by atoms with van der Waals surface area (Å²) >= 11 is 0. The summed E-state index contributed by atoms with van der Waals surface area (Å²) in [5.41, 5.74) is 0. The number of rotatable bonds is 0. The van der Waals surface area contributed by atoms with Crippen LogP contribution in [-0.2, 0) is 32.7 Å². The zero-order valence-corrected chi connectivity index (χ0v) is 8.11. The monoisotopic (exact) mass is 185 g/mol. The standard InChI is InChI=1S/C7H12.Y/c1-2-4-6-7-5-3-1;/h1,6H,2-5,7H2;/q-2;. The fourth-order valence-corrected chi connectivity index (χ4v) is 0.931. The SMILES string of the molecule is [CH-]1CC[CH-]CCC1.[Y]. The Kier molecular flexibility index (Phi) is 7.09. The summed E-state index contributed by atoms with van der Waals surface area (Å²) in [4.78, 5) is 0. The summed E-state index contributed by atoms with van der Waals surface area (Å²) in [5.74, 6) is 0. The van der Waals surface area contributed by atoms with Crippen molar-refractivity contribution in [1.82, 2.24) is 0 Å². The molecule has 1 radical (unpaired) electrons. The van der Waals surface area contributed by atoms with Gasteiger partial charge in [0, 0.05) is 32.7 Å². The van der Waals surface area contributed by atoms with Crippen molar-refractivity contribution in [3.63, 3.8) is 0 Å². The molecule has 1 fully saturated rings. The van der Waals surface area contributed by atoms with Gasteiger partial charge in [-0.1, -0.05) is 0 Å². The molecule has 8 heavy (non-hydrogen) atoms. The quantitative estimate of drug-likeness (QED) is 0.401. The third-order valence-electron chi connectivity index (χ3n) is 1.39. The second-order valence-electron chi connectivity index (χ2n) is 2.09. The Bertz CT molecular complexity index is 24.0. The van der Waals surface area contributed by atoms with E-state index in [1.165, 1.54) is 32.1 Å². The van der Waals surface area contributed by atoms with E-state index < -0.39 is 0 Å². The molecule has 0 nitrogen and oxygen atoms in total. The zero-order valence-electron chi connectivity index (χ0n) is 5.27. The van der Waals surface area contributed by atoms with E-state index in [9.17, 15) is 0 Å². The van der Waals surface area contributed by atoms with Crippen LogP contribution in [0.15, 0.2) is 0 Å². The van der Waals surface area contributed by atoms with Crippen molar-refractivity contribution < 1.29 is 32.7 Å². The maximum atomic E-state index is 2.39. The summed E-state index contributed by atoms with van der Waals surface area (Å²) in [6.45, 7) is 0. The average molecular weight is 185 g/mol. The molecule has 1 heteroatoms. The summed E-state index contributed by atoms with van der Waals surface area (Å²) in [6.07, 6.45) is 11.5. The maximum absolute atomic E-state index is 2.39. The van der Waals surface area contributed by atoms with Crippen molar-refractivity contribution in [2.24, 2.45) is 0 Å². The number of hydrogen-bond donors (Lipinski definition) is 0. The molecular formula is C7H12Y-2. The molecule has 1 aliphatic rings. The fraction of sp³-hybridized carbons (Fsp3) is 0.714. The molecule has 1 aliphatic carbocycles. The molecule has 0 heterocycles. The minimum Gasteiger partial charge on any atom is -0.331 e. The first kappa shape index (κ1) is 9.10. The first-order chi connectivity index (χ1) is 3.50. The molecule has 0 aromatic heterocycles. The normalized spacial score (nSPS) is 21.0. The van der Waals surface area contributed by atoms with E-state index in [0.717, 1.165) is 0 Å². The van der Waals surface area contributed by atoms with Crippen LogP contribution in [0.4, 0.5) is 0 Å². The van der Waals surface area contributed by atoms with Gasteiger partial charge in [-0.15, -0.1) is 6.42 Å². The van der Waals surface area contributed by atoms with Gasteiger partial charge in [0.15, 0.2) is 0 Å². The van der Waals surface area contributed by atoms with Crippen LogP contribution in [0.1, 0.15) is 32.1 Å². The molecule has 0 aliphatic heterocycles. The van der Waals surface area contributed by atoms with E-state index in [4.69, 9.17) is 0 Å². The molecule has 0 unspecified atom stereocenters. The molecule has 1 rings (SSSR count). The predicted molar refractivity (Wildman–Crippen MR) is 31.7 cm³/mol. The van der Waals surface area contributed by atoms with E-state index in [2.05, 4.69) is 12.8 Å². The Balaban J connectivity index is 0.000000490.